The van der Waals surface area contributed by atoms with Gasteiger partial charge in [0.1, 0.15) is 0 Å². The highest BCUT2D eigenvalue weighted by molar-refractivity contribution is 9.10. The third kappa shape index (κ3) is 3.90. The van der Waals surface area contributed by atoms with Crippen molar-refractivity contribution in [3.05, 3.63) is 58.1 Å². The Kier molecular flexibility index (Phi) is 5.20. The van der Waals surface area contributed by atoms with Crippen LogP contribution < -0.4 is 5.73 Å². The molecule has 0 radical (unpaired) electrons. The van der Waals surface area contributed by atoms with Gasteiger partial charge in [0.2, 0.25) is 0 Å². The third-order valence-electron chi connectivity index (χ3n) is 4.25. The van der Waals surface area contributed by atoms with Crippen LogP contribution in [0, 0.1) is 0 Å². The fraction of sp³-hybridized carbons (Fsp3) is 0.263. The van der Waals surface area contributed by atoms with E-state index in [-0.39, 0.29) is 0 Å². The second-order valence-corrected chi connectivity index (χ2v) is 6.91. The first kappa shape index (κ1) is 18.0. The van der Waals surface area contributed by atoms with Crippen molar-refractivity contribution in [3.8, 4) is 11.3 Å². The van der Waals surface area contributed by atoms with Gasteiger partial charge in [-0.1, -0.05) is 28.1 Å². The minimum atomic E-state index is -4.33. The number of H-pyrrole nitrogens is 1. The smallest absolute Gasteiger partial charge is 0.354 e. The van der Waals surface area contributed by atoms with Crippen molar-refractivity contribution in [2.24, 2.45) is 5.73 Å². The van der Waals surface area contributed by atoms with Gasteiger partial charge in [-0.2, -0.15) is 13.2 Å². The van der Waals surface area contributed by atoms with Crippen molar-refractivity contribution in [2.45, 2.75) is 25.4 Å². The standard InChI is InChI=1S/C19H18BrF3N2/c20-14-8-9-17-16(11-14)15(3-1-2-10-24)18(25-17)12-4-6-13(7-5-12)19(21,22)23/h4-9,11,25H,1-3,10,24H2. The van der Waals surface area contributed by atoms with Crippen molar-refractivity contribution < 1.29 is 13.2 Å². The second kappa shape index (κ2) is 7.22. The van der Waals surface area contributed by atoms with E-state index in [1.165, 1.54) is 12.1 Å². The van der Waals surface area contributed by atoms with Crippen molar-refractivity contribution in [3.63, 3.8) is 0 Å². The minimum absolute atomic E-state index is 0.627. The molecule has 3 rings (SSSR count). The van der Waals surface area contributed by atoms with Crippen molar-refractivity contribution in [2.75, 3.05) is 6.54 Å². The molecule has 1 heterocycles. The van der Waals surface area contributed by atoms with Crippen molar-refractivity contribution in [1.82, 2.24) is 4.98 Å². The summed E-state index contributed by atoms with van der Waals surface area (Å²) in [5.41, 5.74) is 8.67. The molecule has 2 aromatic carbocycles. The summed E-state index contributed by atoms with van der Waals surface area (Å²) in [5, 5.41) is 1.08. The topological polar surface area (TPSA) is 41.8 Å². The predicted molar refractivity (Wildman–Crippen MR) is 98.4 cm³/mol. The van der Waals surface area contributed by atoms with Gasteiger partial charge in [0.25, 0.3) is 0 Å². The molecular formula is C19H18BrF3N2. The summed E-state index contributed by atoms with van der Waals surface area (Å²) in [7, 11) is 0. The normalized spacial score (nSPS) is 12.0. The monoisotopic (exact) mass is 410 g/mol. The van der Waals surface area contributed by atoms with E-state index in [0.717, 1.165) is 63.6 Å². The van der Waals surface area contributed by atoms with Crippen LogP contribution in [0.3, 0.4) is 0 Å². The van der Waals surface area contributed by atoms with Crippen LogP contribution in [0.15, 0.2) is 46.9 Å². The maximum atomic E-state index is 12.8. The molecule has 25 heavy (non-hydrogen) atoms. The van der Waals surface area contributed by atoms with E-state index in [9.17, 15) is 13.2 Å². The zero-order valence-electron chi connectivity index (χ0n) is 13.5. The van der Waals surface area contributed by atoms with E-state index in [2.05, 4.69) is 20.9 Å². The van der Waals surface area contributed by atoms with Gasteiger partial charge in [-0.05, 0) is 67.3 Å². The number of fused-ring (bicyclic) bond motifs is 1. The number of unbranched alkanes of at least 4 members (excludes halogenated alkanes) is 1. The molecule has 0 amide bonds. The Morgan fingerprint density at radius 1 is 1.00 bits per heavy atom. The maximum Gasteiger partial charge on any atom is 0.416 e. The van der Waals surface area contributed by atoms with Gasteiger partial charge in [-0.3, -0.25) is 0 Å². The molecule has 0 aliphatic rings. The van der Waals surface area contributed by atoms with Gasteiger partial charge >= 0.3 is 6.18 Å². The van der Waals surface area contributed by atoms with Crippen LogP contribution in [0.25, 0.3) is 22.2 Å². The predicted octanol–water partition coefficient (Wildman–Crippen LogP) is 5.90. The Balaban J connectivity index is 2.06. The average molecular weight is 411 g/mol. The van der Waals surface area contributed by atoms with Crippen LogP contribution in [-0.2, 0) is 12.6 Å². The molecule has 2 nitrogen and oxygen atoms in total. The van der Waals surface area contributed by atoms with Crippen LogP contribution >= 0.6 is 15.9 Å². The Morgan fingerprint density at radius 3 is 2.36 bits per heavy atom. The van der Waals surface area contributed by atoms with Crippen LogP contribution in [-0.4, -0.2) is 11.5 Å². The zero-order chi connectivity index (χ0) is 18.0. The number of nitrogens with one attached hydrogen (secondary N) is 1. The first-order valence-corrected chi connectivity index (χ1v) is 8.87. The van der Waals surface area contributed by atoms with E-state index in [1.54, 1.807) is 0 Å². The van der Waals surface area contributed by atoms with Gasteiger partial charge in [0, 0.05) is 21.1 Å². The fourth-order valence-electron chi connectivity index (χ4n) is 3.00. The molecular weight excluding hydrogens is 393 g/mol. The lowest BCUT2D eigenvalue weighted by molar-refractivity contribution is -0.137. The molecule has 0 spiro atoms. The van der Waals surface area contributed by atoms with Gasteiger partial charge in [0.15, 0.2) is 0 Å². The number of aromatic amines is 1. The Hall–Kier alpha value is -1.79. The molecule has 0 aliphatic heterocycles. The summed E-state index contributed by atoms with van der Waals surface area (Å²) < 4.78 is 39.4. The Morgan fingerprint density at radius 2 is 1.72 bits per heavy atom. The molecule has 0 atom stereocenters. The Bertz CT molecular complexity index is 867. The molecule has 132 valence electrons. The number of halogens is 4. The van der Waals surface area contributed by atoms with E-state index in [4.69, 9.17) is 5.73 Å². The lowest BCUT2D eigenvalue weighted by Gasteiger charge is -2.09. The number of aryl methyl sites for hydroxylation is 1. The summed E-state index contributed by atoms with van der Waals surface area (Å²) in [6.45, 7) is 0.627. The third-order valence-corrected chi connectivity index (χ3v) is 4.74. The van der Waals surface area contributed by atoms with Crippen LogP contribution in [0.4, 0.5) is 13.2 Å². The van der Waals surface area contributed by atoms with E-state index >= 15 is 0 Å². The SMILES string of the molecule is NCCCCc1c(-c2ccc(C(F)(F)F)cc2)[nH]c2ccc(Br)cc12. The molecule has 0 aliphatic carbocycles. The molecule has 0 saturated carbocycles. The number of nitrogens with two attached hydrogens (primary N) is 1. The molecule has 0 fully saturated rings. The van der Waals surface area contributed by atoms with Gasteiger partial charge < -0.3 is 10.7 Å². The summed E-state index contributed by atoms with van der Waals surface area (Å²) in [6, 6.07) is 11.3. The molecule has 3 aromatic rings. The molecule has 3 N–H and O–H groups in total. The van der Waals surface area contributed by atoms with Gasteiger partial charge in [-0.25, -0.2) is 0 Å². The first-order valence-electron chi connectivity index (χ1n) is 8.08. The van der Waals surface area contributed by atoms with Crippen LogP contribution in [0.2, 0.25) is 0 Å². The first-order chi connectivity index (χ1) is 11.9. The largest absolute Gasteiger partial charge is 0.416 e. The molecule has 0 saturated heterocycles. The van der Waals surface area contributed by atoms with Gasteiger partial charge in [-0.15, -0.1) is 0 Å². The molecule has 0 bridgehead atoms. The molecule has 1 aromatic heterocycles. The number of rotatable bonds is 5. The van der Waals surface area contributed by atoms with Crippen LogP contribution in [0.1, 0.15) is 24.0 Å². The lowest BCUT2D eigenvalue weighted by Crippen LogP contribution is -2.04. The number of benzene rings is 2. The number of hydrogen-bond acceptors (Lipinski definition) is 1. The van der Waals surface area contributed by atoms with E-state index < -0.39 is 11.7 Å². The van der Waals surface area contributed by atoms with E-state index in [0.29, 0.717) is 6.54 Å². The summed E-state index contributed by atoms with van der Waals surface area (Å²) in [4.78, 5) is 3.36. The minimum Gasteiger partial charge on any atom is -0.354 e. The van der Waals surface area contributed by atoms with Gasteiger partial charge in [0.05, 0.1) is 5.56 Å². The summed E-state index contributed by atoms with van der Waals surface area (Å²) in [6.07, 6.45) is -1.66. The van der Waals surface area contributed by atoms with Crippen molar-refractivity contribution >= 4 is 26.8 Å². The summed E-state index contributed by atoms with van der Waals surface area (Å²) in [5.74, 6) is 0. The lowest BCUT2D eigenvalue weighted by atomic mass is 9.99. The highest BCUT2D eigenvalue weighted by Gasteiger charge is 2.30. The quantitative estimate of drug-likeness (QED) is 0.505. The second-order valence-electron chi connectivity index (χ2n) is 5.99. The van der Waals surface area contributed by atoms with Crippen LogP contribution in [0.5, 0.6) is 0 Å². The number of aromatic nitrogens is 1. The fourth-order valence-corrected chi connectivity index (χ4v) is 3.36. The number of alkyl halides is 3. The number of hydrogen-bond donors (Lipinski definition) is 2. The molecule has 0 unspecified atom stereocenters. The molecule has 6 heteroatoms. The van der Waals surface area contributed by atoms with E-state index in [1.807, 2.05) is 18.2 Å². The Labute approximate surface area is 152 Å². The maximum absolute atomic E-state index is 12.8. The van der Waals surface area contributed by atoms with Crippen molar-refractivity contribution in [1.29, 1.82) is 0 Å². The zero-order valence-corrected chi connectivity index (χ0v) is 15.0. The average Bonchev–Trinajstić information content (AvgIpc) is 2.92. The summed E-state index contributed by atoms with van der Waals surface area (Å²) >= 11 is 3.49. The highest BCUT2D eigenvalue weighted by atomic mass is 79.9. The highest BCUT2D eigenvalue weighted by Crippen LogP contribution is 2.35.